The van der Waals surface area contributed by atoms with E-state index < -0.39 is 17.1 Å². The summed E-state index contributed by atoms with van der Waals surface area (Å²) in [5, 5.41) is 10.1. The molecule has 0 aliphatic rings. The van der Waals surface area contributed by atoms with Crippen molar-refractivity contribution in [1.29, 1.82) is 0 Å². The van der Waals surface area contributed by atoms with Gasteiger partial charge in [0.2, 0.25) is 0 Å². The summed E-state index contributed by atoms with van der Waals surface area (Å²) in [6.07, 6.45) is 1.48. The Bertz CT molecular complexity index is 687. The number of carbonyl (C=O) groups is 1. The SMILES string of the molecule is CC(C)(O)CN(Cc1ccccc1)C(=O)c1ccc[nH]c1=O. The number of benzene rings is 1. The van der Waals surface area contributed by atoms with Crippen LogP contribution in [-0.2, 0) is 6.54 Å². The Labute approximate surface area is 129 Å². The smallest absolute Gasteiger partial charge is 0.260 e. The van der Waals surface area contributed by atoms with Gasteiger partial charge in [-0.05, 0) is 31.5 Å². The van der Waals surface area contributed by atoms with Crippen molar-refractivity contribution in [3.63, 3.8) is 0 Å². The number of nitrogens with zero attached hydrogens (tertiary/aromatic N) is 1. The molecule has 0 atom stereocenters. The first-order valence-electron chi connectivity index (χ1n) is 7.10. The molecule has 116 valence electrons. The molecule has 2 rings (SSSR count). The molecule has 0 unspecified atom stereocenters. The molecule has 0 aliphatic heterocycles. The molecule has 0 saturated carbocycles. The number of rotatable bonds is 5. The van der Waals surface area contributed by atoms with Gasteiger partial charge in [-0.25, -0.2) is 0 Å². The highest BCUT2D eigenvalue weighted by atomic mass is 16.3. The van der Waals surface area contributed by atoms with Crippen LogP contribution in [0.25, 0.3) is 0 Å². The minimum Gasteiger partial charge on any atom is -0.389 e. The van der Waals surface area contributed by atoms with Crippen molar-refractivity contribution < 1.29 is 9.90 Å². The first-order valence-corrected chi connectivity index (χ1v) is 7.10. The first-order chi connectivity index (χ1) is 10.4. The van der Waals surface area contributed by atoms with E-state index in [1.807, 2.05) is 30.3 Å². The third-order valence-electron chi connectivity index (χ3n) is 3.13. The van der Waals surface area contributed by atoms with E-state index in [0.717, 1.165) is 5.56 Å². The van der Waals surface area contributed by atoms with Crippen LogP contribution in [0.1, 0.15) is 29.8 Å². The summed E-state index contributed by atoms with van der Waals surface area (Å²) in [6, 6.07) is 12.6. The largest absolute Gasteiger partial charge is 0.389 e. The molecule has 0 saturated heterocycles. The van der Waals surface area contributed by atoms with Crippen molar-refractivity contribution in [2.45, 2.75) is 26.0 Å². The van der Waals surface area contributed by atoms with Crippen LogP contribution >= 0.6 is 0 Å². The summed E-state index contributed by atoms with van der Waals surface area (Å²) in [5.74, 6) is -0.396. The van der Waals surface area contributed by atoms with Crippen molar-refractivity contribution in [1.82, 2.24) is 9.88 Å². The average Bonchev–Trinajstić information content (AvgIpc) is 2.46. The Morgan fingerprint density at radius 2 is 1.86 bits per heavy atom. The van der Waals surface area contributed by atoms with Gasteiger partial charge in [-0.1, -0.05) is 30.3 Å². The van der Waals surface area contributed by atoms with E-state index in [4.69, 9.17) is 0 Å². The maximum Gasteiger partial charge on any atom is 0.260 e. The molecule has 0 bridgehead atoms. The molecule has 5 heteroatoms. The van der Waals surface area contributed by atoms with Gasteiger partial charge in [-0.2, -0.15) is 0 Å². The summed E-state index contributed by atoms with van der Waals surface area (Å²) < 4.78 is 0. The quantitative estimate of drug-likeness (QED) is 0.884. The van der Waals surface area contributed by atoms with Crippen molar-refractivity contribution in [2.75, 3.05) is 6.54 Å². The number of pyridine rings is 1. The van der Waals surface area contributed by atoms with Gasteiger partial charge in [0.05, 0.1) is 5.60 Å². The van der Waals surface area contributed by atoms with Gasteiger partial charge in [0, 0.05) is 19.3 Å². The van der Waals surface area contributed by atoms with E-state index >= 15 is 0 Å². The molecular formula is C17H20N2O3. The van der Waals surface area contributed by atoms with Crippen LogP contribution in [0.4, 0.5) is 0 Å². The minimum atomic E-state index is -1.05. The molecule has 0 spiro atoms. The molecule has 2 aromatic rings. The predicted octanol–water partition coefficient (Wildman–Crippen LogP) is 1.79. The van der Waals surface area contributed by atoms with Crippen molar-refractivity contribution in [2.24, 2.45) is 0 Å². The zero-order valence-electron chi connectivity index (χ0n) is 12.7. The molecule has 1 heterocycles. The van der Waals surface area contributed by atoms with Crippen LogP contribution < -0.4 is 5.56 Å². The summed E-state index contributed by atoms with van der Waals surface area (Å²) in [5.41, 5.74) is -0.470. The van der Waals surface area contributed by atoms with Gasteiger partial charge in [0.1, 0.15) is 5.56 Å². The summed E-state index contributed by atoms with van der Waals surface area (Å²) in [4.78, 5) is 28.4. The summed E-state index contributed by atoms with van der Waals surface area (Å²) in [6.45, 7) is 3.73. The lowest BCUT2D eigenvalue weighted by Crippen LogP contribution is -2.43. The number of carbonyl (C=O) groups excluding carboxylic acids is 1. The lowest BCUT2D eigenvalue weighted by molar-refractivity contribution is 0.0279. The normalized spacial score (nSPS) is 11.2. The highest BCUT2D eigenvalue weighted by Crippen LogP contribution is 2.12. The second-order valence-corrected chi connectivity index (χ2v) is 5.87. The summed E-state index contributed by atoms with van der Waals surface area (Å²) in [7, 11) is 0. The molecule has 0 radical (unpaired) electrons. The summed E-state index contributed by atoms with van der Waals surface area (Å²) >= 11 is 0. The zero-order valence-corrected chi connectivity index (χ0v) is 12.7. The second kappa shape index (κ2) is 6.58. The number of aliphatic hydroxyl groups is 1. The number of hydrogen-bond acceptors (Lipinski definition) is 3. The topological polar surface area (TPSA) is 73.4 Å². The standard InChI is InChI=1S/C17H20N2O3/c1-17(2,22)12-19(11-13-7-4-3-5-8-13)16(21)14-9-6-10-18-15(14)20/h3-10,22H,11-12H2,1-2H3,(H,18,20). The second-order valence-electron chi connectivity index (χ2n) is 5.87. The van der Waals surface area contributed by atoms with Crippen molar-refractivity contribution in [3.05, 3.63) is 70.1 Å². The van der Waals surface area contributed by atoms with Crippen molar-refractivity contribution in [3.8, 4) is 0 Å². The zero-order chi connectivity index (χ0) is 16.2. The fourth-order valence-corrected chi connectivity index (χ4v) is 2.23. The molecule has 5 nitrogen and oxygen atoms in total. The Morgan fingerprint density at radius 3 is 2.45 bits per heavy atom. The highest BCUT2D eigenvalue weighted by Gasteiger charge is 2.25. The van der Waals surface area contributed by atoms with Crippen LogP contribution in [0.15, 0.2) is 53.5 Å². The van der Waals surface area contributed by atoms with Crippen LogP contribution in [0.2, 0.25) is 0 Å². The highest BCUT2D eigenvalue weighted by molar-refractivity contribution is 5.93. The van der Waals surface area contributed by atoms with Crippen LogP contribution in [-0.4, -0.2) is 33.0 Å². The Balaban J connectivity index is 2.30. The van der Waals surface area contributed by atoms with Gasteiger partial charge in [-0.3, -0.25) is 9.59 Å². The number of aromatic amines is 1. The molecule has 2 N–H and O–H groups in total. The third-order valence-corrected chi connectivity index (χ3v) is 3.13. The first kappa shape index (κ1) is 16.0. The molecule has 1 aromatic carbocycles. The molecule has 0 fully saturated rings. The van der Waals surface area contributed by atoms with E-state index in [0.29, 0.717) is 6.54 Å². The molecule has 1 amide bonds. The Hall–Kier alpha value is -2.40. The van der Waals surface area contributed by atoms with Crippen molar-refractivity contribution >= 4 is 5.91 Å². The van der Waals surface area contributed by atoms with E-state index in [9.17, 15) is 14.7 Å². The number of H-pyrrole nitrogens is 1. The van der Waals surface area contributed by atoms with Crippen LogP contribution in [0.3, 0.4) is 0 Å². The van der Waals surface area contributed by atoms with Gasteiger partial charge < -0.3 is 15.0 Å². The number of hydrogen-bond donors (Lipinski definition) is 2. The predicted molar refractivity (Wildman–Crippen MR) is 84.5 cm³/mol. The molecule has 1 aromatic heterocycles. The van der Waals surface area contributed by atoms with E-state index in [1.165, 1.54) is 17.2 Å². The number of aromatic nitrogens is 1. The minimum absolute atomic E-state index is 0.0719. The number of amides is 1. The Morgan fingerprint density at radius 1 is 1.18 bits per heavy atom. The average molecular weight is 300 g/mol. The maximum atomic E-state index is 12.6. The van der Waals surface area contributed by atoms with E-state index in [1.54, 1.807) is 19.9 Å². The molecule has 22 heavy (non-hydrogen) atoms. The van der Waals surface area contributed by atoms with Gasteiger partial charge >= 0.3 is 0 Å². The molecule has 0 aliphatic carbocycles. The number of nitrogens with one attached hydrogen (secondary N) is 1. The van der Waals surface area contributed by atoms with Gasteiger partial charge in [0.25, 0.3) is 11.5 Å². The maximum absolute atomic E-state index is 12.6. The lowest BCUT2D eigenvalue weighted by atomic mass is 10.1. The van der Waals surface area contributed by atoms with E-state index in [-0.39, 0.29) is 12.1 Å². The van der Waals surface area contributed by atoms with Gasteiger partial charge in [0.15, 0.2) is 0 Å². The fourth-order valence-electron chi connectivity index (χ4n) is 2.23. The fraction of sp³-hybridized carbons (Fsp3) is 0.294. The van der Waals surface area contributed by atoms with Crippen LogP contribution in [0.5, 0.6) is 0 Å². The third kappa shape index (κ3) is 4.30. The van der Waals surface area contributed by atoms with Gasteiger partial charge in [-0.15, -0.1) is 0 Å². The monoisotopic (exact) mass is 300 g/mol. The lowest BCUT2D eigenvalue weighted by Gasteiger charge is -2.29. The van der Waals surface area contributed by atoms with E-state index in [2.05, 4.69) is 4.98 Å². The molecular weight excluding hydrogens is 280 g/mol. The van der Waals surface area contributed by atoms with Crippen LogP contribution in [0, 0.1) is 0 Å². The Kier molecular flexibility index (Phi) is 4.78.